The predicted molar refractivity (Wildman–Crippen MR) is 62.5 cm³/mol. The number of phosphoric acid groups is 1. The molecule has 17 heavy (non-hydrogen) atoms. The summed E-state index contributed by atoms with van der Waals surface area (Å²) in [5.41, 5.74) is 0. The second kappa shape index (κ2) is 6.30. The molecule has 1 fully saturated rings. The zero-order valence-electron chi connectivity index (χ0n) is 10.9. The molecule has 102 valence electrons. The molecule has 0 saturated carbocycles. The van der Waals surface area contributed by atoms with Crippen LogP contribution in [0.5, 0.6) is 0 Å². The molecular formula is C11H22O5P-. The first kappa shape index (κ1) is 15.1. The fourth-order valence-corrected chi connectivity index (χ4v) is 2.96. The Morgan fingerprint density at radius 1 is 1.41 bits per heavy atom. The first-order chi connectivity index (χ1) is 7.82. The van der Waals surface area contributed by atoms with Crippen molar-refractivity contribution in [2.75, 3.05) is 13.2 Å². The molecule has 5 nitrogen and oxygen atoms in total. The van der Waals surface area contributed by atoms with E-state index in [2.05, 4.69) is 13.8 Å². The van der Waals surface area contributed by atoms with Crippen molar-refractivity contribution in [3.05, 3.63) is 0 Å². The summed E-state index contributed by atoms with van der Waals surface area (Å²) < 4.78 is 26.5. The molecule has 0 aliphatic carbocycles. The first-order valence-corrected chi connectivity index (χ1v) is 7.53. The Balaban J connectivity index is 2.42. The van der Waals surface area contributed by atoms with Crippen LogP contribution >= 0.6 is 7.82 Å². The van der Waals surface area contributed by atoms with Gasteiger partial charge in [-0.2, -0.15) is 0 Å². The van der Waals surface area contributed by atoms with E-state index in [1.807, 2.05) is 0 Å². The van der Waals surface area contributed by atoms with Crippen LogP contribution in [0.4, 0.5) is 0 Å². The van der Waals surface area contributed by atoms with Crippen LogP contribution in [0.2, 0.25) is 0 Å². The smallest absolute Gasteiger partial charge is 0.268 e. The van der Waals surface area contributed by atoms with Crippen molar-refractivity contribution in [3.63, 3.8) is 0 Å². The van der Waals surface area contributed by atoms with Crippen molar-refractivity contribution < 1.29 is 23.2 Å². The van der Waals surface area contributed by atoms with Gasteiger partial charge in [0, 0.05) is 6.61 Å². The molecule has 0 N–H and O–H groups in total. The van der Waals surface area contributed by atoms with Crippen LogP contribution in [0.3, 0.4) is 0 Å². The summed E-state index contributed by atoms with van der Waals surface area (Å²) in [6, 6.07) is 0. The van der Waals surface area contributed by atoms with Crippen molar-refractivity contribution >= 4 is 7.82 Å². The number of ether oxygens (including phenoxy) is 1. The Morgan fingerprint density at radius 2 is 2.06 bits per heavy atom. The topological polar surface area (TPSA) is 67.8 Å². The average Bonchev–Trinajstić information content (AvgIpc) is 2.60. The van der Waals surface area contributed by atoms with E-state index < -0.39 is 13.9 Å². The number of phosphoric ester groups is 1. The Hall–Kier alpha value is 0.0700. The minimum absolute atomic E-state index is 0.0519. The predicted octanol–water partition coefficient (Wildman–Crippen LogP) is 1.96. The normalized spacial score (nSPS) is 28.9. The number of hydrogen-bond acceptors (Lipinski definition) is 5. The average molecular weight is 265 g/mol. The van der Waals surface area contributed by atoms with E-state index >= 15 is 0 Å². The molecule has 0 amide bonds. The molecule has 6 heteroatoms. The van der Waals surface area contributed by atoms with Gasteiger partial charge in [0.2, 0.25) is 0 Å². The van der Waals surface area contributed by atoms with Crippen LogP contribution in [0.25, 0.3) is 0 Å². The van der Waals surface area contributed by atoms with Crippen LogP contribution in [-0.2, 0) is 18.3 Å². The van der Waals surface area contributed by atoms with E-state index in [0.29, 0.717) is 18.4 Å². The largest absolute Gasteiger partial charge is 0.756 e. The van der Waals surface area contributed by atoms with E-state index in [-0.39, 0.29) is 12.7 Å². The second-order valence-electron chi connectivity index (χ2n) is 5.00. The molecule has 1 aliphatic heterocycles. The molecule has 1 saturated heterocycles. The van der Waals surface area contributed by atoms with Crippen LogP contribution < -0.4 is 4.89 Å². The third-order valence-electron chi connectivity index (χ3n) is 2.85. The second-order valence-corrected chi connectivity index (χ2v) is 6.37. The monoisotopic (exact) mass is 265 g/mol. The van der Waals surface area contributed by atoms with Crippen molar-refractivity contribution in [1.29, 1.82) is 0 Å². The van der Waals surface area contributed by atoms with Crippen LogP contribution in [0, 0.1) is 11.8 Å². The Morgan fingerprint density at radius 3 is 2.59 bits per heavy atom. The Kier molecular flexibility index (Phi) is 5.61. The van der Waals surface area contributed by atoms with Gasteiger partial charge in [0.05, 0.1) is 18.8 Å². The fraction of sp³-hybridized carbons (Fsp3) is 1.00. The van der Waals surface area contributed by atoms with Gasteiger partial charge in [0.15, 0.2) is 0 Å². The molecule has 1 heterocycles. The van der Waals surface area contributed by atoms with Crippen molar-refractivity contribution in [2.45, 2.75) is 46.3 Å². The van der Waals surface area contributed by atoms with Gasteiger partial charge in [-0.15, -0.1) is 0 Å². The quantitative estimate of drug-likeness (QED) is 0.687. The zero-order valence-corrected chi connectivity index (χ0v) is 11.8. The van der Waals surface area contributed by atoms with Gasteiger partial charge < -0.3 is 18.7 Å². The minimum Gasteiger partial charge on any atom is -0.756 e. The molecule has 3 atom stereocenters. The number of rotatable bonds is 6. The molecule has 0 bridgehead atoms. The highest BCUT2D eigenvalue weighted by atomic mass is 31.2. The van der Waals surface area contributed by atoms with Crippen LogP contribution in [0.1, 0.15) is 34.1 Å². The SMILES string of the molecule is CC(C)OP(=O)([O-])OC[C@@H]1OCC[C@@H]1C(C)C. The molecule has 0 spiro atoms. The van der Waals surface area contributed by atoms with Gasteiger partial charge in [-0.05, 0) is 32.1 Å². The Labute approximate surface area is 103 Å². The van der Waals surface area contributed by atoms with Gasteiger partial charge in [-0.3, -0.25) is 4.57 Å². The molecule has 1 rings (SSSR count). The maximum Gasteiger partial charge on any atom is 0.268 e. The summed E-state index contributed by atoms with van der Waals surface area (Å²) in [7, 11) is -4.19. The van der Waals surface area contributed by atoms with E-state index in [0.717, 1.165) is 6.42 Å². The third-order valence-corrected chi connectivity index (χ3v) is 4.00. The van der Waals surface area contributed by atoms with E-state index in [1.165, 1.54) is 0 Å². The highest BCUT2D eigenvalue weighted by Crippen LogP contribution is 2.41. The summed E-state index contributed by atoms with van der Waals surface area (Å²) in [6.07, 6.45) is 0.414. The highest BCUT2D eigenvalue weighted by Gasteiger charge is 2.31. The lowest BCUT2D eigenvalue weighted by molar-refractivity contribution is -0.230. The lowest BCUT2D eigenvalue weighted by Gasteiger charge is -2.28. The fourth-order valence-electron chi connectivity index (χ4n) is 2.05. The first-order valence-electron chi connectivity index (χ1n) is 6.07. The molecule has 0 aromatic carbocycles. The summed E-state index contributed by atoms with van der Waals surface area (Å²) >= 11 is 0. The van der Waals surface area contributed by atoms with Crippen LogP contribution in [0.15, 0.2) is 0 Å². The van der Waals surface area contributed by atoms with Gasteiger partial charge >= 0.3 is 0 Å². The lowest BCUT2D eigenvalue weighted by Crippen LogP contribution is -2.27. The molecule has 0 aromatic rings. The maximum absolute atomic E-state index is 11.4. The van der Waals surface area contributed by atoms with Gasteiger partial charge in [-0.1, -0.05) is 13.8 Å². The summed E-state index contributed by atoms with van der Waals surface area (Å²) in [4.78, 5) is 11.4. The van der Waals surface area contributed by atoms with E-state index in [4.69, 9.17) is 13.8 Å². The van der Waals surface area contributed by atoms with Crippen molar-refractivity contribution in [2.24, 2.45) is 11.8 Å². The maximum atomic E-state index is 11.4. The molecular weight excluding hydrogens is 243 g/mol. The molecule has 1 aliphatic rings. The number of hydrogen-bond donors (Lipinski definition) is 0. The van der Waals surface area contributed by atoms with Gasteiger partial charge in [0.25, 0.3) is 7.82 Å². The molecule has 0 aromatic heterocycles. The van der Waals surface area contributed by atoms with Crippen LogP contribution in [-0.4, -0.2) is 25.4 Å². The summed E-state index contributed by atoms with van der Waals surface area (Å²) in [5.74, 6) is 0.817. The molecule has 0 radical (unpaired) electrons. The third kappa shape index (κ3) is 5.06. The minimum atomic E-state index is -4.19. The summed E-state index contributed by atoms with van der Waals surface area (Å²) in [6.45, 7) is 8.23. The Bertz CT molecular complexity index is 279. The van der Waals surface area contributed by atoms with E-state index in [1.54, 1.807) is 13.8 Å². The van der Waals surface area contributed by atoms with Crippen molar-refractivity contribution in [1.82, 2.24) is 0 Å². The highest BCUT2D eigenvalue weighted by molar-refractivity contribution is 7.45. The van der Waals surface area contributed by atoms with Crippen molar-refractivity contribution in [3.8, 4) is 0 Å². The summed E-state index contributed by atoms with van der Waals surface area (Å²) in [5, 5.41) is 0. The standard InChI is InChI=1S/C11H23O5P/c1-8(2)10-5-6-14-11(10)7-15-17(12,13)16-9(3)4/h8-11H,5-7H2,1-4H3,(H,12,13)/p-1/t10-,11+/m1/s1. The van der Waals surface area contributed by atoms with E-state index in [9.17, 15) is 9.46 Å². The zero-order chi connectivity index (χ0) is 13.1. The van der Waals surface area contributed by atoms with Gasteiger partial charge in [-0.25, -0.2) is 0 Å². The molecule has 1 unspecified atom stereocenters. The lowest BCUT2D eigenvalue weighted by atomic mass is 9.90. The van der Waals surface area contributed by atoms with Gasteiger partial charge in [0.1, 0.15) is 0 Å².